The molecule has 0 saturated heterocycles. The van der Waals surface area contributed by atoms with Gasteiger partial charge in [-0.25, -0.2) is 0 Å². The molecule has 2 aromatic rings. The minimum absolute atomic E-state index is 0.0580. The van der Waals surface area contributed by atoms with Crippen molar-refractivity contribution in [2.45, 2.75) is 23.1 Å². The molecule has 0 amide bonds. The Labute approximate surface area is 152 Å². The van der Waals surface area contributed by atoms with Crippen LogP contribution in [0.2, 0.25) is 0 Å². The number of halogens is 1. The topological polar surface area (TPSA) is 63.5 Å². The SMILES string of the molecule is CC(Br)C(=O)c1ccc2c(c1)CCN2Sc1ccccc1[N+](=O)[O-]. The van der Waals surface area contributed by atoms with Gasteiger partial charge in [0.15, 0.2) is 5.78 Å². The van der Waals surface area contributed by atoms with E-state index in [1.165, 1.54) is 18.0 Å². The van der Waals surface area contributed by atoms with Gasteiger partial charge in [-0.05, 0) is 55.1 Å². The summed E-state index contributed by atoms with van der Waals surface area (Å²) in [7, 11) is 0. The van der Waals surface area contributed by atoms with Crippen molar-refractivity contribution in [3.8, 4) is 0 Å². The number of alkyl halides is 1. The number of anilines is 1. The summed E-state index contributed by atoms with van der Waals surface area (Å²) in [6, 6.07) is 12.4. The summed E-state index contributed by atoms with van der Waals surface area (Å²) in [6.45, 7) is 2.57. The standard InChI is InChI=1S/C17H15BrN2O3S/c1-11(18)17(21)13-6-7-14-12(10-13)8-9-19(14)24-16-5-3-2-4-15(16)20(22)23/h2-7,10-11H,8-9H2,1H3. The number of hydrogen-bond donors (Lipinski definition) is 0. The largest absolute Gasteiger partial charge is 0.311 e. The third-order valence-corrected chi connectivity index (χ3v) is 5.41. The highest BCUT2D eigenvalue weighted by Crippen LogP contribution is 2.39. The molecule has 0 spiro atoms. The molecule has 1 unspecified atom stereocenters. The number of benzene rings is 2. The number of Topliss-reactive ketones (excluding diaryl/α,β-unsaturated/α-hetero) is 1. The van der Waals surface area contributed by atoms with E-state index in [0.717, 1.165) is 24.2 Å². The van der Waals surface area contributed by atoms with Gasteiger partial charge in [-0.3, -0.25) is 14.9 Å². The zero-order valence-electron chi connectivity index (χ0n) is 12.9. The molecule has 0 fully saturated rings. The molecule has 0 aliphatic carbocycles. The van der Waals surface area contributed by atoms with Crippen LogP contribution in [-0.4, -0.2) is 22.1 Å². The molecule has 3 rings (SSSR count). The van der Waals surface area contributed by atoms with Gasteiger partial charge in [-0.15, -0.1) is 0 Å². The average Bonchev–Trinajstić information content (AvgIpc) is 2.96. The van der Waals surface area contributed by atoms with Crippen molar-refractivity contribution in [3.63, 3.8) is 0 Å². The van der Waals surface area contributed by atoms with Crippen molar-refractivity contribution in [2.24, 2.45) is 0 Å². The molecular weight excluding hydrogens is 392 g/mol. The number of hydrogen-bond acceptors (Lipinski definition) is 5. The van der Waals surface area contributed by atoms with E-state index in [0.29, 0.717) is 10.5 Å². The average molecular weight is 407 g/mol. The number of nitro groups is 1. The minimum Gasteiger partial charge on any atom is -0.311 e. The molecule has 124 valence electrons. The van der Waals surface area contributed by atoms with Crippen LogP contribution in [0, 0.1) is 10.1 Å². The molecule has 2 aromatic carbocycles. The monoisotopic (exact) mass is 406 g/mol. The molecule has 0 bridgehead atoms. The molecule has 1 aliphatic rings. The van der Waals surface area contributed by atoms with Crippen LogP contribution in [0.5, 0.6) is 0 Å². The molecule has 1 heterocycles. The first-order valence-corrected chi connectivity index (χ1v) is 9.16. The lowest BCUT2D eigenvalue weighted by Gasteiger charge is -2.18. The summed E-state index contributed by atoms with van der Waals surface area (Å²) in [5.74, 6) is 0.0580. The van der Waals surface area contributed by atoms with Gasteiger partial charge in [0.2, 0.25) is 0 Å². The number of rotatable bonds is 5. The summed E-state index contributed by atoms with van der Waals surface area (Å²) in [6.07, 6.45) is 0.820. The first kappa shape index (κ1) is 17.0. The molecule has 0 saturated carbocycles. The number of nitro benzene ring substituents is 1. The lowest BCUT2D eigenvalue weighted by atomic mass is 10.0. The van der Waals surface area contributed by atoms with Crippen LogP contribution in [-0.2, 0) is 6.42 Å². The third kappa shape index (κ3) is 3.32. The van der Waals surface area contributed by atoms with Crippen molar-refractivity contribution >= 4 is 45.0 Å². The Kier molecular flexibility index (Phi) is 4.91. The van der Waals surface area contributed by atoms with E-state index in [2.05, 4.69) is 15.9 Å². The highest BCUT2D eigenvalue weighted by Gasteiger charge is 2.25. The lowest BCUT2D eigenvalue weighted by molar-refractivity contribution is -0.387. The summed E-state index contributed by atoms with van der Waals surface area (Å²) in [4.78, 5) is 23.3. The third-order valence-electron chi connectivity index (χ3n) is 3.85. The second-order valence-electron chi connectivity index (χ2n) is 5.49. The second-order valence-corrected chi connectivity index (χ2v) is 7.93. The smallest absolute Gasteiger partial charge is 0.284 e. The fourth-order valence-corrected chi connectivity index (χ4v) is 3.99. The van der Waals surface area contributed by atoms with Gasteiger partial charge in [0.05, 0.1) is 15.4 Å². The van der Waals surface area contributed by atoms with Gasteiger partial charge in [-0.1, -0.05) is 28.1 Å². The van der Waals surface area contributed by atoms with Crippen molar-refractivity contribution in [1.29, 1.82) is 0 Å². The first-order chi connectivity index (χ1) is 11.5. The van der Waals surface area contributed by atoms with E-state index in [9.17, 15) is 14.9 Å². The number of fused-ring (bicyclic) bond motifs is 1. The maximum Gasteiger partial charge on any atom is 0.284 e. The summed E-state index contributed by atoms with van der Waals surface area (Å²) in [5.41, 5.74) is 2.91. The van der Waals surface area contributed by atoms with Gasteiger partial charge in [-0.2, -0.15) is 0 Å². The predicted octanol–water partition coefficient (Wildman–Crippen LogP) is 4.63. The van der Waals surface area contributed by atoms with Crippen molar-refractivity contribution < 1.29 is 9.72 Å². The quantitative estimate of drug-likeness (QED) is 0.238. The van der Waals surface area contributed by atoms with E-state index in [1.807, 2.05) is 29.4 Å². The maximum atomic E-state index is 12.1. The van der Waals surface area contributed by atoms with Crippen molar-refractivity contribution in [1.82, 2.24) is 0 Å². The fourth-order valence-electron chi connectivity index (χ4n) is 2.65. The summed E-state index contributed by atoms with van der Waals surface area (Å²) < 4.78 is 2.05. The molecule has 5 nitrogen and oxygen atoms in total. The van der Waals surface area contributed by atoms with Crippen LogP contribution >= 0.6 is 27.9 Å². The van der Waals surface area contributed by atoms with Gasteiger partial charge in [0.25, 0.3) is 5.69 Å². The zero-order chi connectivity index (χ0) is 17.3. The molecule has 24 heavy (non-hydrogen) atoms. The molecule has 0 N–H and O–H groups in total. The Morgan fingerprint density at radius 3 is 2.79 bits per heavy atom. The van der Waals surface area contributed by atoms with E-state index in [-0.39, 0.29) is 21.2 Å². The molecule has 0 aromatic heterocycles. The number of nitrogens with zero attached hydrogens (tertiary/aromatic N) is 2. The molecule has 1 atom stereocenters. The van der Waals surface area contributed by atoms with Crippen LogP contribution in [0.3, 0.4) is 0 Å². The van der Waals surface area contributed by atoms with Crippen LogP contribution < -0.4 is 4.31 Å². The zero-order valence-corrected chi connectivity index (χ0v) is 15.3. The van der Waals surface area contributed by atoms with Crippen LogP contribution in [0.1, 0.15) is 22.8 Å². The maximum absolute atomic E-state index is 12.1. The second kappa shape index (κ2) is 6.94. The Hall–Kier alpha value is -1.86. The fraction of sp³-hybridized carbons (Fsp3) is 0.235. The van der Waals surface area contributed by atoms with Crippen molar-refractivity contribution in [2.75, 3.05) is 10.8 Å². The summed E-state index contributed by atoms with van der Waals surface area (Å²) >= 11 is 4.67. The first-order valence-electron chi connectivity index (χ1n) is 7.47. The lowest BCUT2D eigenvalue weighted by Crippen LogP contribution is -2.11. The molecule has 7 heteroatoms. The van der Waals surface area contributed by atoms with Crippen LogP contribution in [0.4, 0.5) is 11.4 Å². The molecule has 0 radical (unpaired) electrons. The van der Waals surface area contributed by atoms with Crippen molar-refractivity contribution in [3.05, 3.63) is 63.7 Å². The molecular formula is C17H15BrN2O3S. The highest BCUT2D eigenvalue weighted by atomic mass is 79.9. The number of carbonyl (C=O) groups is 1. The van der Waals surface area contributed by atoms with E-state index < -0.39 is 0 Å². The van der Waals surface area contributed by atoms with E-state index >= 15 is 0 Å². The Morgan fingerprint density at radius 1 is 1.33 bits per heavy atom. The van der Waals surface area contributed by atoms with Crippen LogP contribution in [0.25, 0.3) is 0 Å². The van der Waals surface area contributed by atoms with E-state index in [1.54, 1.807) is 18.2 Å². The number of ketones is 1. The predicted molar refractivity (Wildman–Crippen MR) is 99.2 cm³/mol. The molecule has 1 aliphatic heterocycles. The number of carbonyl (C=O) groups excluding carboxylic acids is 1. The van der Waals surface area contributed by atoms with Gasteiger partial charge < -0.3 is 4.31 Å². The number of para-hydroxylation sites is 1. The van der Waals surface area contributed by atoms with E-state index in [4.69, 9.17) is 0 Å². The van der Waals surface area contributed by atoms with Gasteiger partial charge in [0.1, 0.15) is 4.90 Å². The van der Waals surface area contributed by atoms with Gasteiger partial charge >= 0.3 is 0 Å². The summed E-state index contributed by atoms with van der Waals surface area (Å²) in [5, 5.41) is 11.2. The minimum atomic E-state index is -0.363. The normalized spacial score (nSPS) is 14.3. The highest BCUT2D eigenvalue weighted by molar-refractivity contribution is 9.10. The van der Waals surface area contributed by atoms with Gasteiger partial charge in [0, 0.05) is 18.2 Å². The Morgan fingerprint density at radius 2 is 2.08 bits per heavy atom. The Bertz CT molecular complexity index is 810. The van der Waals surface area contributed by atoms with Crippen LogP contribution in [0.15, 0.2) is 47.4 Å². The Balaban J connectivity index is 1.86.